The molecule has 0 aliphatic carbocycles. The second-order valence-corrected chi connectivity index (χ2v) is 5.15. The van der Waals surface area contributed by atoms with E-state index in [2.05, 4.69) is 0 Å². The zero-order chi connectivity index (χ0) is 16.3. The van der Waals surface area contributed by atoms with Crippen LogP contribution in [0.5, 0.6) is 5.75 Å². The quantitative estimate of drug-likeness (QED) is 0.799. The summed E-state index contributed by atoms with van der Waals surface area (Å²) in [5, 5.41) is 19.8. The fraction of sp³-hybridized carbons (Fsp3) is 0.500. The molecule has 0 saturated carbocycles. The molecule has 1 saturated heterocycles. The molecule has 1 aliphatic rings. The van der Waals surface area contributed by atoms with Crippen molar-refractivity contribution in [3.8, 4) is 5.75 Å². The van der Waals surface area contributed by atoms with Gasteiger partial charge in [0.05, 0.1) is 6.10 Å². The summed E-state index contributed by atoms with van der Waals surface area (Å²) in [6.07, 6.45) is -4.99. The van der Waals surface area contributed by atoms with Gasteiger partial charge in [-0.1, -0.05) is 0 Å². The van der Waals surface area contributed by atoms with Crippen LogP contribution in [0.1, 0.15) is 6.92 Å². The first kappa shape index (κ1) is 17.0. The fourth-order valence-electron chi connectivity index (χ4n) is 2.06. The Kier molecular flexibility index (Phi) is 5.65. The molecule has 5 atom stereocenters. The lowest BCUT2D eigenvalue weighted by Gasteiger charge is -2.40. The maximum absolute atomic E-state index is 12.8. The number of hydrogen-bond donors (Lipinski definition) is 2. The molecular formula is C14H17FO6S. The minimum Gasteiger partial charge on any atom is -0.447 e. The average Bonchev–Trinajstić information content (AvgIpc) is 2.49. The minimum absolute atomic E-state index is 0.277. The van der Waals surface area contributed by atoms with Gasteiger partial charge in [-0.05, 0) is 31.2 Å². The summed E-state index contributed by atoms with van der Waals surface area (Å²) in [5.74, 6) is -0.134. The maximum atomic E-state index is 12.8. The molecule has 0 aromatic heterocycles. The van der Waals surface area contributed by atoms with E-state index in [1.165, 1.54) is 31.4 Å². The smallest absolute Gasteiger partial charge is 0.358 e. The monoisotopic (exact) mass is 332 g/mol. The number of methoxy groups -OCH3 is 1. The molecule has 1 aromatic carbocycles. The molecule has 0 unspecified atom stereocenters. The number of aliphatic hydroxyl groups excluding tert-OH is 2. The number of thiocarbonyl (C=S) groups is 1. The summed E-state index contributed by atoms with van der Waals surface area (Å²) >= 11 is 4.93. The van der Waals surface area contributed by atoms with Gasteiger partial charge in [0.2, 0.25) is 0 Å². The lowest BCUT2D eigenvalue weighted by Crippen LogP contribution is -2.58. The molecule has 1 fully saturated rings. The van der Waals surface area contributed by atoms with Crippen LogP contribution in [-0.2, 0) is 14.2 Å². The highest BCUT2D eigenvalue weighted by molar-refractivity contribution is 7.79. The molecule has 6 nitrogen and oxygen atoms in total. The molecule has 22 heavy (non-hydrogen) atoms. The van der Waals surface area contributed by atoms with Crippen LogP contribution in [0.2, 0.25) is 0 Å². The molecule has 122 valence electrons. The minimum atomic E-state index is -1.24. The van der Waals surface area contributed by atoms with Gasteiger partial charge in [-0.2, -0.15) is 0 Å². The van der Waals surface area contributed by atoms with Crippen molar-refractivity contribution < 1.29 is 33.6 Å². The van der Waals surface area contributed by atoms with Crippen LogP contribution in [0.4, 0.5) is 4.39 Å². The first-order valence-corrected chi connectivity index (χ1v) is 7.01. The summed E-state index contributed by atoms with van der Waals surface area (Å²) < 4.78 is 33.6. The van der Waals surface area contributed by atoms with E-state index in [0.29, 0.717) is 0 Å². The number of halogens is 1. The first-order chi connectivity index (χ1) is 10.4. The summed E-state index contributed by atoms with van der Waals surface area (Å²) in [4.78, 5) is 0. The van der Waals surface area contributed by atoms with Gasteiger partial charge < -0.3 is 29.2 Å². The van der Waals surface area contributed by atoms with Crippen LogP contribution in [0.15, 0.2) is 24.3 Å². The molecule has 8 heteroatoms. The van der Waals surface area contributed by atoms with Crippen LogP contribution < -0.4 is 4.74 Å². The number of rotatable bonds is 3. The number of benzene rings is 1. The Morgan fingerprint density at radius 1 is 1.23 bits per heavy atom. The van der Waals surface area contributed by atoms with Crippen LogP contribution >= 0.6 is 12.2 Å². The van der Waals surface area contributed by atoms with Crippen molar-refractivity contribution in [1.29, 1.82) is 0 Å². The van der Waals surface area contributed by atoms with Crippen LogP contribution in [0.3, 0.4) is 0 Å². The van der Waals surface area contributed by atoms with Gasteiger partial charge in [0, 0.05) is 19.3 Å². The van der Waals surface area contributed by atoms with Crippen molar-refractivity contribution in [3.05, 3.63) is 30.1 Å². The van der Waals surface area contributed by atoms with E-state index in [1.54, 1.807) is 6.92 Å². The molecule has 0 bridgehead atoms. The van der Waals surface area contributed by atoms with E-state index in [4.69, 9.17) is 31.2 Å². The zero-order valence-electron chi connectivity index (χ0n) is 12.0. The molecule has 2 rings (SSSR count). The highest BCUT2D eigenvalue weighted by Gasteiger charge is 2.45. The second-order valence-electron chi connectivity index (χ2n) is 4.81. The third-order valence-corrected chi connectivity index (χ3v) is 3.44. The van der Waals surface area contributed by atoms with Crippen molar-refractivity contribution in [2.75, 3.05) is 7.11 Å². The Bertz CT molecular complexity index is 511. The molecular weight excluding hydrogens is 315 g/mol. The van der Waals surface area contributed by atoms with Gasteiger partial charge >= 0.3 is 5.24 Å². The zero-order valence-corrected chi connectivity index (χ0v) is 12.8. The Balaban J connectivity index is 2.00. The SMILES string of the molecule is CO[C@@H]1O[C@@H](C)[C@H](O)[C@@H](OC(=S)Oc2ccc(F)cc2)[C@H]1O. The van der Waals surface area contributed by atoms with Crippen molar-refractivity contribution in [3.63, 3.8) is 0 Å². The third kappa shape index (κ3) is 3.90. The van der Waals surface area contributed by atoms with Gasteiger partial charge in [-0.15, -0.1) is 0 Å². The number of hydrogen-bond acceptors (Lipinski definition) is 7. The Morgan fingerprint density at radius 3 is 2.45 bits per heavy atom. The average molecular weight is 332 g/mol. The fourth-order valence-corrected chi connectivity index (χ4v) is 2.27. The largest absolute Gasteiger partial charge is 0.447 e. The number of ether oxygens (including phenoxy) is 4. The highest BCUT2D eigenvalue weighted by Crippen LogP contribution is 2.24. The molecule has 0 spiro atoms. The summed E-state index contributed by atoms with van der Waals surface area (Å²) in [5.41, 5.74) is 0. The molecule has 0 amide bonds. The van der Waals surface area contributed by atoms with Crippen molar-refractivity contribution in [2.24, 2.45) is 0 Å². The van der Waals surface area contributed by atoms with E-state index in [0.717, 1.165) is 0 Å². The van der Waals surface area contributed by atoms with E-state index < -0.39 is 36.5 Å². The third-order valence-electron chi connectivity index (χ3n) is 3.26. The van der Waals surface area contributed by atoms with E-state index in [9.17, 15) is 14.6 Å². The Hall–Kier alpha value is -1.32. The maximum Gasteiger partial charge on any atom is 0.358 e. The van der Waals surface area contributed by atoms with Crippen LogP contribution in [0.25, 0.3) is 0 Å². The summed E-state index contributed by atoms with van der Waals surface area (Å²) in [6, 6.07) is 5.17. The second kappa shape index (κ2) is 7.30. The molecule has 1 heterocycles. The number of aliphatic hydroxyl groups is 2. The lowest BCUT2D eigenvalue weighted by molar-refractivity contribution is -0.284. The normalized spacial score (nSPS) is 31.6. The molecule has 0 radical (unpaired) electrons. The van der Waals surface area contributed by atoms with E-state index in [-0.39, 0.29) is 11.0 Å². The van der Waals surface area contributed by atoms with Crippen molar-refractivity contribution >= 4 is 17.5 Å². The van der Waals surface area contributed by atoms with Gasteiger partial charge in [0.15, 0.2) is 12.4 Å². The van der Waals surface area contributed by atoms with Crippen LogP contribution in [-0.4, -0.2) is 53.3 Å². The molecule has 2 N–H and O–H groups in total. The van der Waals surface area contributed by atoms with Crippen LogP contribution in [0, 0.1) is 5.82 Å². The van der Waals surface area contributed by atoms with Gasteiger partial charge in [-0.3, -0.25) is 0 Å². The summed E-state index contributed by atoms with van der Waals surface area (Å²) in [7, 11) is 1.36. The first-order valence-electron chi connectivity index (χ1n) is 6.60. The highest BCUT2D eigenvalue weighted by atomic mass is 32.1. The summed E-state index contributed by atoms with van der Waals surface area (Å²) in [6.45, 7) is 1.61. The predicted octanol–water partition coefficient (Wildman–Crippen LogP) is 0.988. The lowest BCUT2D eigenvalue weighted by atomic mass is 10.00. The predicted molar refractivity (Wildman–Crippen MR) is 77.9 cm³/mol. The Morgan fingerprint density at radius 2 is 1.86 bits per heavy atom. The standard InChI is InChI=1S/C14H17FO6S/c1-7-10(16)12(11(17)13(18-2)19-7)21-14(22)20-9-5-3-8(15)4-6-9/h3-7,10-13,16-17H,1-2H3/t7-,10-,11+,12+,13+/m0/s1. The van der Waals surface area contributed by atoms with Crippen molar-refractivity contribution in [1.82, 2.24) is 0 Å². The van der Waals surface area contributed by atoms with Gasteiger partial charge in [0.25, 0.3) is 0 Å². The van der Waals surface area contributed by atoms with Crippen molar-refractivity contribution in [2.45, 2.75) is 37.6 Å². The molecule has 1 aliphatic heterocycles. The van der Waals surface area contributed by atoms with Gasteiger partial charge in [-0.25, -0.2) is 4.39 Å². The molecule has 1 aromatic rings. The topological polar surface area (TPSA) is 77.4 Å². The van der Waals surface area contributed by atoms with E-state index >= 15 is 0 Å². The van der Waals surface area contributed by atoms with E-state index in [1.807, 2.05) is 0 Å². The Labute approximate surface area is 132 Å². The van der Waals surface area contributed by atoms with Gasteiger partial charge in [0.1, 0.15) is 23.8 Å².